The lowest BCUT2D eigenvalue weighted by Gasteiger charge is -2.12. The Morgan fingerprint density at radius 1 is 1.09 bits per heavy atom. The topological polar surface area (TPSA) is 94.0 Å². The van der Waals surface area contributed by atoms with E-state index in [0.29, 0.717) is 35.3 Å². The number of hydrogen-bond acceptors (Lipinski definition) is 7. The molecule has 2 heterocycles. The Bertz CT molecular complexity index is 1260. The number of fused-ring (bicyclic) bond motifs is 1. The molecule has 1 amide bonds. The number of hydrogen-bond donors (Lipinski definition) is 2. The number of nitrogens with one attached hydrogen (secondary N) is 2. The van der Waals surface area contributed by atoms with Gasteiger partial charge in [0.2, 0.25) is 0 Å². The average Bonchev–Trinajstić information content (AvgIpc) is 3.23. The second-order valence-corrected chi connectivity index (χ2v) is 9.09. The molecule has 0 aliphatic carbocycles. The van der Waals surface area contributed by atoms with Crippen LogP contribution in [-0.2, 0) is 6.54 Å². The van der Waals surface area contributed by atoms with Crippen LogP contribution in [0.3, 0.4) is 0 Å². The molecule has 0 saturated heterocycles. The van der Waals surface area contributed by atoms with Gasteiger partial charge in [-0.05, 0) is 43.9 Å². The number of thioether (sulfide) groups is 1. The van der Waals surface area contributed by atoms with Gasteiger partial charge in [0.05, 0.1) is 23.7 Å². The first-order valence-corrected chi connectivity index (χ1v) is 12.3. The molecule has 9 heteroatoms. The third-order valence-electron chi connectivity index (χ3n) is 4.89. The Morgan fingerprint density at radius 2 is 1.85 bits per heavy atom. The predicted octanol–water partition coefficient (Wildman–Crippen LogP) is 4.98. The molecule has 0 radical (unpaired) electrons. The van der Waals surface area contributed by atoms with E-state index in [1.807, 2.05) is 42.5 Å². The van der Waals surface area contributed by atoms with Gasteiger partial charge in [-0.15, -0.1) is 0 Å². The Kier molecular flexibility index (Phi) is 7.64. The number of carbonyl (C=O) groups excluding carboxylic acids is 1. The molecule has 4 aromatic rings. The van der Waals surface area contributed by atoms with E-state index < -0.39 is 0 Å². The van der Waals surface area contributed by atoms with Crippen molar-refractivity contribution in [3.63, 3.8) is 0 Å². The van der Waals surface area contributed by atoms with Crippen LogP contribution in [0.1, 0.15) is 31.1 Å². The van der Waals surface area contributed by atoms with E-state index in [4.69, 9.17) is 4.74 Å². The van der Waals surface area contributed by atoms with Crippen molar-refractivity contribution in [3.8, 4) is 11.5 Å². The zero-order chi connectivity index (χ0) is 23.9. The lowest BCUT2D eigenvalue weighted by molar-refractivity contribution is 0.0949. The maximum atomic E-state index is 12.9. The minimum Gasteiger partial charge on any atom is -0.457 e. The highest BCUT2D eigenvalue weighted by atomic mass is 32.2. The lowest BCUT2D eigenvalue weighted by atomic mass is 10.2. The molecule has 4 rings (SSSR count). The molecule has 2 aromatic carbocycles. The summed E-state index contributed by atoms with van der Waals surface area (Å²) in [6.45, 7) is 7.08. The summed E-state index contributed by atoms with van der Waals surface area (Å²) in [5, 5.41) is 12.4. The summed E-state index contributed by atoms with van der Waals surface area (Å²) >= 11 is 1.58. The molecule has 0 fully saturated rings. The monoisotopic (exact) mass is 476 g/mol. The standard InChI is InChI=1S/C25H28N6O2S/c1-4-34-25-29-22(28-17(2)3)20-16-27-31(23(20)30-25)15-14-26-24(32)19-12-8-9-13-21(19)33-18-10-6-5-7-11-18/h5-13,16-17H,4,14-15H2,1-3H3,(H,26,32)(H,28,29,30). The van der Waals surface area contributed by atoms with E-state index in [2.05, 4.69) is 46.5 Å². The van der Waals surface area contributed by atoms with Crippen LogP contribution < -0.4 is 15.4 Å². The Hall–Kier alpha value is -3.59. The molecule has 34 heavy (non-hydrogen) atoms. The van der Waals surface area contributed by atoms with Gasteiger partial charge in [-0.3, -0.25) is 4.79 Å². The number of nitrogens with zero attached hydrogens (tertiary/aromatic N) is 4. The Morgan fingerprint density at radius 3 is 2.62 bits per heavy atom. The van der Waals surface area contributed by atoms with Gasteiger partial charge in [0.25, 0.3) is 5.91 Å². The number of para-hydroxylation sites is 2. The van der Waals surface area contributed by atoms with Crippen molar-refractivity contribution in [2.45, 2.75) is 38.5 Å². The molecule has 2 N–H and O–H groups in total. The molecule has 0 unspecified atom stereocenters. The second-order valence-electron chi connectivity index (χ2n) is 7.86. The van der Waals surface area contributed by atoms with Gasteiger partial charge in [0, 0.05) is 12.6 Å². The summed E-state index contributed by atoms with van der Waals surface area (Å²) in [6.07, 6.45) is 1.77. The maximum absolute atomic E-state index is 12.9. The lowest BCUT2D eigenvalue weighted by Crippen LogP contribution is -2.28. The molecule has 0 saturated carbocycles. The van der Waals surface area contributed by atoms with Crippen LogP contribution in [0.25, 0.3) is 11.0 Å². The summed E-state index contributed by atoms with van der Waals surface area (Å²) in [4.78, 5) is 22.2. The average molecular weight is 477 g/mol. The van der Waals surface area contributed by atoms with Crippen LogP contribution in [0.15, 0.2) is 66.0 Å². The highest BCUT2D eigenvalue weighted by Crippen LogP contribution is 2.26. The fourth-order valence-electron chi connectivity index (χ4n) is 3.41. The van der Waals surface area contributed by atoms with Crippen LogP contribution in [0.5, 0.6) is 11.5 Å². The summed E-state index contributed by atoms with van der Waals surface area (Å²) in [7, 11) is 0. The van der Waals surface area contributed by atoms with Crippen LogP contribution in [-0.4, -0.2) is 44.0 Å². The van der Waals surface area contributed by atoms with Crippen molar-refractivity contribution in [1.29, 1.82) is 0 Å². The highest BCUT2D eigenvalue weighted by molar-refractivity contribution is 7.99. The molecule has 0 bridgehead atoms. The van der Waals surface area contributed by atoms with Gasteiger partial charge in [-0.1, -0.05) is 49.0 Å². The molecule has 0 aliphatic rings. The number of ether oxygens (including phenoxy) is 1. The third kappa shape index (κ3) is 5.66. The molecule has 2 aromatic heterocycles. The van der Waals surface area contributed by atoms with Gasteiger partial charge >= 0.3 is 0 Å². The Labute approximate surface area is 203 Å². The van der Waals surface area contributed by atoms with Crippen LogP contribution in [0.2, 0.25) is 0 Å². The van der Waals surface area contributed by atoms with Gasteiger partial charge in [-0.2, -0.15) is 5.10 Å². The maximum Gasteiger partial charge on any atom is 0.255 e. The molecule has 0 atom stereocenters. The number of anilines is 1. The smallest absolute Gasteiger partial charge is 0.255 e. The van der Waals surface area contributed by atoms with Crippen molar-refractivity contribution >= 4 is 34.5 Å². The highest BCUT2D eigenvalue weighted by Gasteiger charge is 2.15. The predicted molar refractivity (Wildman–Crippen MR) is 136 cm³/mol. The summed E-state index contributed by atoms with van der Waals surface area (Å²) < 4.78 is 7.72. The first-order chi connectivity index (χ1) is 16.5. The largest absolute Gasteiger partial charge is 0.457 e. The normalized spacial score (nSPS) is 11.1. The van der Waals surface area contributed by atoms with Gasteiger partial charge in [0.15, 0.2) is 10.8 Å². The van der Waals surface area contributed by atoms with Gasteiger partial charge < -0.3 is 15.4 Å². The number of rotatable bonds is 10. The van der Waals surface area contributed by atoms with E-state index in [1.54, 1.807) is 34.8 Å². The van der Waals surface area contributed by atoms with Crippen molar-refractivity contribution < 1.29 is 9.53 Å². The van der Waals surface area contributed by atoms with Crippen molar-refractivity contribution in [2.24, 2.45) is 0 Å². The van der Waals surface area contributed by atoms with Crippen LogP contribution in [0, 0.1) is 0 Å². The molecule has 176 valence electrons. The van der Waals surface area contributed by atoms with Crippen molar-refractivity contribution in [2.75, 3.05) is 17.6 Å². The fraction of sp³-hybridized carbons (Fsp3) is 0.280. The molecular weight excluding hydrogens is 448 g/mol. The minimum absolute atomic E-state index is 0.206. The summed E-state index contributed by atoms with van der Waals surface area (Å²) in [5.74, 6) is 2.63. The SMILES string of the molecule is CCSc1nc(NC(C)C)c2cnn(CCNC(=O)c3ccccc3Oc3ccccc3)c2n1. The first-order valence-electron chi connectivity index (χ1n) is 11.3. The van der Waals surface area contributed by atoms with E-state index in [1.165, 1.54) is 0 Å². The van der Waals surface area contributed by atoms with Crippen LogP contribution >= 0.6 is 11.8 Å². The van der Waals surface area contributed by atoms with Crippen LogP contribution in [0.4, 0.5) is 5.82 Å². The number of benzene rings is 2. The Balaban J connectivity index is 1.47. The first kappa shape index (κ1) is 23.6. The van der Waals surface area contributed by atoms with E-state index in [0.717, 1.165) is 22.6 Å². The van der Waals surface area contributed by atoms with Gasteiger partial charge in [-0.25, -0.2) is 14.6 Å². The number of carbonyl (C=O) groups is 1. The number of amides is 1. The van der Waals surface area contributed by atoms with Gasteiger partial charge in [0.1, 0.15) is 17.3 Å². The number of aromatic nitrogens is 4. The van der Waals surface area contributed by atoms with E-state index in [-0.39, 0.29) is 11.9 Å². The second kappa shape index (κ2) is 11.0. The molecule has 8 nitrogen and oxygen atoms in total. The van der Waals surface area contributed by atoms with Crippen molar-refractivity contribution in [1.82, 2.24) is 25.1 Å². The minimum atomic E-state index is -0.206. The summed E-state index contributed by atoms with van der Waals surface area (Å²) in [5.41, 5.74) is 1.22. The zero-order valence-electron chi connectivity index (χ0n) is 19.5. The van der Waals surface area contributed by atoms with Crippen molar-refractivity contribution in [3.05, 3.63) is 66.4 Å². The third-order valence-corrected chi connectivity index (χ3v) is 5.62. The van der Waals surface area contributed by atoms with E-state index >= 15 is 0 Å². The molecule has 0 aliphatic heterocycles. The zero-order valence-corrected chi connectivity index (χ0v) is 20.3. The quantitative estimate of drug-likeness (QED) is 0.246. The molecule has 0 spiro atoms. The van der Waals surface area contributed by atoms with E-state index in [9.17, 15) is 4.79 Å². The summed E-state index contributed by atoms with van der Waals surface area (Å²) in [6, 6.07) is 16.8. The fourth-order valence-corrected chi connectivity index (χ4v) is 3.97. The molecular formula is C25H28N6O2S.